The van der Waals surface area contributed by atoms with Crippen LogP contribution in [0, 0.1) is 0 Å². The van der Waals surface area contributed by atoms with E-state index in [0.29, 0.717) is 6.42 Å². The van der Waals surface area contributed by atoms with Crippen LogP contribution in [0.1, 0.15) is 20.3 Å². The third-order valence-electron chi connectivity index (χ3n) is 1.32. The van der Waals surface area contributed by atoms with Gasteiger partial charge in [0.15, 0.2) is 0 Å². The predicted octanol–water partition coefficient (Wildman–Crippen LogP) is -0.168. The lowest BCUT2D eigenvalue weighted by atomic mass is 10.2. The third kappa shape index (κ3) is 5.82. The van der Waals surface area contributed by atoms with E-state index < -0.39 is 0 Å². The first kappa shape index (κ1) is 10.4. The summed E-state index contributed by atoms with van der Waals surface area (Å²) in [4.78, 5) is 10.4. The minimum atomic E-state index is -0.263. The Morgan fingerprint density at radius 2 is 2.27 bits per heavy atom. The van der Waals surface area contributed by atoms with Crippen LogP contribution in [-0.4, -0.2) is 25.3 Å². The van der Waals surface area contributed by atoms with Crippen LogP contribution in [0.2, 0.25) is 0 Å². The number of carbonyl (C=O) groups is 1. The Bertz CT molecular complexity index is 128. The van der Waals surface area contributed by atoms with E-state index in [-0.39, 0.29) is 18.2 Å². The minimum absolute atomic E-state index is 0.107. The summed E-state index contributed by atoms with van der Waals surface area (Å²) in [6.45, 7) is 3.21. The molecule has 0 heterocycles. The van der Waals surface area contributed by atoms with Gasteiger partial charge in [0.05, 0.1) is 6.17 Å². The molecule has 11 heavy (non-hydrogen) atoms. The number of hydrogen-bond donors (Lipinski definition) is 2. The molecular formula is C7H16N2O2. The van der Waals surface area contributed by atoms with Crippen molar-refractivity contribution in [2.45, 2.75) is 32.5 Å². The van der Waals surface area contributed by atoms with Crippen molar-refractivity contribution in [3.05, 3.63) is 0 Å². The largest absolute Gasteiger partial charge is 0.463 e. The summed E-state index contributed by atoms with van der Waals surface area (Å²) in [5, 5.41) is 2.86. The van der Waals surface area contributed by atoms with E-state index in [1.165, 1.54) is 6.92 Å². The Morgan fingerprint density at radius 3 is 2.64 bits per heavy atom. The first-order valence-electron chi connectivity index (χ1n) is 3.66. The van der Waals surface area contributed by atoms with E-state index in [1.54, 1.807) is 7.05 Å². The third-order valence-corrected chi connectivity index (χ3v) is 1.32. The molecule has 4 nitrogen and oxygen atoms in total. The molecule has 0 aromatic heterocycles. The molecule has 0 radical (unpaired) electrons. The van der Waals surface area contributed by atoms with Gasteiger partial charge in [-0.2, -0.15) is 0 Å². The predicted molar refractivity (Wildman–Crippen MR) is 42.9 cm³/mol. The molecule has 0 aliphatic carbocycles. The maximum atomic E-state index is 10.4. The Kier molecular flexibility index (Phi) is 4.81. The van der Waals surface area contributed by atoms with Crippen molar-refractivity contribution < 1.29 is 9.53 Å². The van der Waals surface area contributed by atoms with Gasteiger partial charge in [0.25, 0.3) is 0 Å². The molecule has 2 unspecified atom stereocenters. The molecule has 0 spiro atoms. The Morgan fingerprint density at radius 1 is 1.73 bits per heavy atom. The molecule has 2 atom stereocenters. The summed E-state index contributed by atoms with van der Waals surface area (Å²) in [5.74, 6) is -0.263. The first-order valence-corrected chi connectivity index (χ1v) is 3.66. The minimum Gasteiger partial charge on any atom is -0.463 e. The number of esters is 1. The summed E-state index contributed by atoms with van der Waals surface area (Å²) < 4.78 is 4.86. The van der Waals surface area contributed by atoms with E-state index in [0.717, 1.165) is 0 Å². The van der Waals surface area contributed by atoms with Crippen molar-refractivity contribution >= 4 is 5.97 Å². The van der Waals surface area contributed by atoms with Crippen molar-refractivity contribution in [1.29, 1.82) is 0 Å². The highest BCUT2D eigenvalue weighted by molar-refractivity contribution is 5.66. The van der Waals surface area contributed by atoms with Gasteiger partial charge in [0.2, 0.25) is 0 Å². The highest BCUT2D eigenvalue weighted by Gasteiger charge is 2.08. The maximum Gasteiger partial charge on any atom is 0.302 e. The van der Waals surface area contributed by atoms with E-state index in [2.05, 4.69) is 5.32 Å². The fourth-order valence-electron chi connectivity index (χ4n) is 0.807. The Balaban J connectivity index is 3.51. The highest BCUT2D eigenvalue weighted by Crippen LogP contribution is 1.98. The number of nitrogens with one attached hydrogen (secondary N) is 1. The molecule has 0 saturated carbocycles. The maximum absolute atomic E-state index is 10.4. The molecule has 4 heteroatoms. The number of carbonyl (C=O) groups excluding carboxylic acids is 1. The Hall–Kier alpha value is -0.610. The van der Waals surface area contributed by atoms with Gasteiger partial charge in [-0.05, 0) is 14.0 Å². The molecule has 0 bridgehead atoms. The zero-order chi connectivity index (χ0) is 8.85. The average molecular weight is 160 g/mol. The quantitative estimate of drug-likeness (QED) is 0.443. The standard InChI is InChI=1S/C7H16N2O2/c1-5(11-6(2)10)4-7(8)9-3/h5,7,9H,4,8H2,1-3H3. The monoisotopic (exact) mass is 160 g/mol. The number of ether oxygens (including phenoxy) is 1. The fraction of sp³-hybridized carbons (Fsp3) is 0.857. The molecule has 0 rings (SSSR count). The SMILES string of the molecule is CNC(N)CC(C)OC(C)=O. The van der Waals surface area contributed by atoms with Crippen LogP contribution >= 0.6 is 0 Å². The lowest BCUT2D eigenvalue weighted by molar-refractivity contribution is -0.145. The van der Waals surface area contributed by atoms with Crippen LogP contribution in [0.15, 0.2) is 0 Å². The molecule has 0 aliphatic heterocycles. The van der Waals surface area contributed by atoms with Crippen LogP contribution < -0.4 is 11.1 Å². The van der Waals surface area contributed by atoms with Gasteiger partial charge in [-0.1, -0.05) is 0 Å². The van der Waals surface area contributed by atoms with Crippen molar-refractivity contribution in [2.24, 2.45) is 5.73 Å². The van der Waals surface area contributed by atoms with Crippen molar-refractivity contribution in [3.63, 3.8) is 0 Å². The van der Waals surface area contributed by atoms with Crippen LogP contribution in [0.25, 0.3) is 0 Å². The highest BCUT2D eigenvalue weighted by atomic mass is 16.5. The van der Waals surface area contributed by atoms with Gasteiger partial charge in [-0.3, -0.25) is 4.79 Å². The molecule has 0 saturated heterocycles. The van der Waals surface area contributed by atoms with Gasteiger partial charge in [0.1, 0.15) is 6.10 Å². The summed E-state index contributed by atoms with van der Waals surface area (Å²) in [6, 6.07) is 0. The normalized spacial score (nSPS) is 15.6. The number of nitrogens with two attached hydrogens (primary N) is 1. The van der Waals surface area contributed by atoms with Crippen molar-refractivity contribution in [1.82, 2.24) is 5.32 Å². The van der Waals surface area contributed by atoms with Crippen molar-refractivity contribution in [2.75, 3.05) is 7.05 Å². The first-order chi connectivity index (χ1) is 5.06. The van der Waals surface area contributed by atoms with Gasteiger partial charge in [-0.15, -0.1) is 0 Å². The number of hydrogen-bond acceptors (Lipinski definition) is 4. The molecule has 0 aromatic carbocycles. The zero-order valence-corrected chi connectivity index (χ0v) is 7.26. The topological polar surface area (TPSA) is 64.3 Å². The zero-order valence-electron chi connectivity index (χ0n) is 7.26. The van der Waals surface area contributed by atoms with Crippen LogP contribution in [0.5, 0.6) is 0 Å². The van der Waals surface area contributed by atoms with Gasteiger partial charge < -0.3 is 15.8 Å². The smallest absolute Gasteiger partial charge is 0.302 e. The van der Waals surface area contributed by atoms with E-state index in [4.69, 9.17) is 10.5 Å². The lowest BCUT2D eigenvalue weighted by Gasteiger charge is -2.16. The van der Waals surface area contributed by atoms with E-state index >= 15 is 0 Å². The second kappa shape index (κ2) is 5.09. The molecule has 66 valence electrons. The Labute approximate surface area is 67.1 Å². The lowest BCUT2D eigenvalue weighted by Crippen LogP contribution is -2.37. The van der Waals surface area contributed by atoms with E-state index in [9.17, 15) is 4.79 Å². The summed E-state index contributed by atoms with van der Waals surface area (Å²) >= 11 is 0. The molecule has 3 N–H and O–H groups in total. The van der Waals surface area contributed by atoms with Gasteiger partial charge in [-0.25, -0.2) is 0 Å². The van der Waals surface area contributed by atoms with Crippen LogP contribution in [-0.2, 0) is 9.53 Å². The van der Waals surface area contributed by atoms with Crippen LogP contribution in [0.4, 0.5) is 0 Å². The summed E-state index contributed by atoms with van der Waals surface area (Å²) in [6.07, 6.45) is 0.412. The van der Waals surface area contributed by atoms with Crippen LogP contribution in [0.3, 0.4) is 0 Å². The molecular weight excluding hydrogens is 144 g/mol. The van der Waals surface area contributed by atoms with Gasteiger partial charge in [0, 0.05) is 13.3 Å². The van der Waals surface area contributed by atoms with Crippen molar-refractivity contribution in [3.8, 4) is 0 Å². The fourth-order valence-corrected chi connectivity index (χ4v) is 0.807. The second-order valence-electron chi connectivity index (χ2n) is 2.55. The summed E-state index contributed by atoms with van der Waals surface area (Å²) in [7, 11) is 1.77. The number of rotatable bonds is 4. The van der Waals surface area contributed by atoms with Gasteiger partial charge >= 0.3 is 5.97 Å². The summed E-state index contributed by atoms with van der Waals surface area (Å²) in [5.41, 5.74) is 5.55. The molecule has 0 amide bonds. The second-order valence-corrected chi connectivity index (χ2v) is 2.55. The molecule has 0 aromatic rings. The van der Waals surface area contributed by atoms with E-state index in [1.807, 2.05) is 6.92 Å². The molecule has 0 fully saturated rings. The average Bonchev–Trinajstić information content (AvgIpc) is 1.85. The molecule has 0 aliphatic rings.